The fourth-order valence-electron chi connectivity index (χ4n) is 1.89. The van der Waals surface area contributed by atoms with Gasteiger partial charge < -0.3 is 5.32 Å². The van der Waals surface area contributed by atoms with Crippen LogP contribution < -0.4 is 5.32 Å². The van der Waals surface area contributed by atoms with Gasteiger partial charge in [0.1, 0.15) is 16.5 Å². The number of anilines is 1. The lowest BCUT2D eigenvalue weighted by molar-refractivity contribution is 0.902. The van der Waals surface area contributed by atoms with Crippen LogP contribution in [0, 0.1) is 0 Å². The Morgan fingerprint density at radius 2 is 2.10 bits per heavy atom. The minimum absolute atomic E-state index is 0.659. The summed E-state index contributed by atoms with van der Waals surface area (Å²) in [5.41, 5.74) is 0. The van der Waals surface area contributed by atoms with E-state index in [9.17, 15) is 0 Å². The summed E-state index contributed by atoms with van der Waals surface area (Å²) in [5.74, 6) is 2.83. The van der Waals surface area contributed by atoms with Crippen molar-refractivity contribution in [2.45, 2.75) is 51.5 Å². The van der Waals surface area contributed by atoms with Crippen molar-refractivity contribution in [2.24, 2.45) is 0 Å². The first-order chi connectivity index (χ1) is 9.67. The Kier molecular flexibility index (Phi) is 5.66. The summed E-state index contributed by atoms with van der Waals surface area (Å²) in [7, 11) is 0. The number of thiophene rings is 1. The molecule has 0 radical (unpaired) electrons. The van der Waals surface area contributed by atoms with Crippen molar-refractivity contribution < 1.29 is 0 Å². The number of aromatic nitrogens is 2. The van der Waals surface area contributed by atoms with E-state index in [4.69, 9.17) is 9.97 Å². The van der Waals surface area contributed by atoms with E-state index >= 15 is 0 Å². The minimum atomic E-state index is 0.659. The highest BCUT2D eigenvalue weighted by atomic mass is 32.2. The van der Waals surface area contributed by atoms with Crippen LogP contribution in [0.15, 0.2) is 6.07 Å². The van der Waals surface area contributed by atoms with E-state index in [1.807, 2.05) is 11.8 Å². The third kappa shape index (κ3) is 3.64. The number of nitrogens with one attached hydrogen (secondary N) is 1. The molecule has 2 heterocycles. The summed E-state index contributed by atoms with van der Waals surface area (Å²) in [5, 5.41) is 5.21. The quantitative estimate of drug-likeness (QED) is 0.803. The Morgan fingerprint density at radius 1 is 1.30 bits per heavy atom. The Morgan fingerprint density at radius 3 is 2.75 bits per heavy atom. The molecule has 0 saturated heterocycles. The molecule has 1 unspecified atom stereocenters. The maximum atomic E-state index is 4.74. The van der Waals surface area contributed by atoms with Crippen molar-refractivity contribution in [1.82, 2.24) is 9.97 Å². The zero-order valence-electron chi connectivity index (χ0n) is 12.7. The number of thioether (sulfide) groups is 1. The standard InChI is InChI=1S/C15H23N3S2/c1-5-10(4)19-9-13-17-14(16-7-3)12-8-11(6-2)20-15(12)18-13/h8,10H,5-7,9H2,1-4H3,(H,16,17,18). The molecule has 3 nitrogen and oxygen atoms in total. The highest BCUT2D eigenvalue weighted by molar-refractivity contribution is 7.99. The van der Waals surface area contributed by atoms with Gasteiger partial charge in [-0.05, 0) is 25.8 Å². The molecule has 0 saturated carbocycles. The molecule has 2 aromatic rings. The van der Waals surface area contributed by atoms with Crippen LogP contribution in [-0.4, -0.2) is 21.8 Å². The second-order valence-corrected chi connectivity index (χ2v) is 7.38. The molecule has 5 heteroatoms. The first-order valence-corrected chi connectivity index (χ1v) is 9.19. The minimum Gasteiger partial charge on any atom is -0.370 e. The van der Waals surface area contributed by atoms with Crippen molar-refractivity contribution in [3.05, 3.63) is 16.8 Å². The van der Waals surface area contributed by atoms with Gasteiger partial charge in [-0.3, -0.25) is 0 Å². The third-order valence-corrected chi connectivity index (χ3v) is 5.76. The van der Waals surface area contributed by atoms with Crippen molar-refractivity contribution in [3.8, 4) is 0 Å². The predicted octanol–water partition coefficient (Wildman–Crippen LogP) is 4.72. The lowest BCUT2D eigenvalue weighted by atomic mass is 10.3. The second kappa shape index (κ2) is 7.27. The van der Waals surface area contributed by atoms with E-state index in [1.54, 1.807) is 11.3 Å². The Bertz CT molecular complexity index is 565. The zero-order valence-corrected chi connectivity index (χ0v) is 14.3. The van der Waals surface area contributed by atoms with Gasteiger partial charge in [0.2, 0.25) is 0 Å². The van der Waals surface area contributed by atoms with Crippen LogP contribution in [0.5, 0.6) is 0 Å². The molecule has 0 bridgehead atoms. The van der Waals surface area contributed by atoms with Crippen LogP contribution in [0.1, 0.15) is 44.8 Å². The Hall–Kier alpha value is -0.810. The third-order valence-electron chi connectivity index (χ3n) is 3.25. The highest BCUT2D eigenvalue weighted by Crippen LogP contribution is 2.30. The maximum absolute atomic E-state index is 4.74. The summed E-state index contributed by atoms with van der Waals surface area (Å²) in [6.45, 7) is 9.66. The van der Waals surface area contributed by atoms with E-state index in [-0.39, 0.29) is 0 Å². The summed E-state index contributed by atoms with van der Waals surface area (Å²) in [4.78, 5) is 11.9. The average molecular weight is 310 g/mol. The molecule has 1 N–H and O–H groups in total. The van der Waals surface area contributed by atoms with Crippen LogP contribution in [0.4, 0.5) is 5.82 Å². The molecule has 0 amide bonds. The highest BCUT2D eigenvalue weighted by Gasteiger charge is 2.11. The van der Waals surface area contributed by atoms with Crippen LogP contribution in [-0.2, 0) is 12.2 Å². The number of aryl methyl sites for hydroxylation is 1. The SMILES string of the molecule is CCNc1nc(CSC(C)CC)nc2sc(CC)cc12. The normalized spacial score (nSPS) is 12.8. The number of hydrogen-bond acceptors (Lipinski definition) is 5. The Labute approximate surface area is 129 Å². The summed E-state index contributed by atoms with van der Waals surface area (Å²) in [6, 6.07) is 2.23. The lowest BCUT2D eigenvalue weighted by Gasteiger charge is -2.09. The molecule has 1 atom stereocenters. The summed E-state index contributed by atoms with van der Waals surface area (Å²) < 4.78 is 0. The first-order valence-electron chi connectivity index (χ1n) is 7.32. The smallest absolute Gasteiger partial charge is 0.142 e. The largest absolute Gasteiger partial charge is 0.370 e. The van der Waals surface area contributed by atoms with Crippen LogP contribution in [0.25, 0.3) is 10.2 Å². The van der Waals surface area contributed by atoms with Crippen molar-refractivity contribution in [2.75, 3.05) is 11.9 Å². The van der Waals surface area contributed by atoms with Gasteiger partial charge in [-0.1, -0.05) is 20.8 Å². The van der Waals surface area contributed by atoms with Gasteiger partial charge in [0.05, 0.1) is 11.1 Å². The number of fused-ring (bicyclic) bond motifs is 1. The van der Waals surface area contributed by atoms with E-state index in [2.05, 4.69) is 39.1 Å². The van der Waals surface area contributed by atoms with Gasteiger partial charge in [-0.25, -0.2) is 9.97 Å². The molecular weight excluding hydrogens is 286 g/mol. The predicted molar refractivity (Wildman–Crippen MR) is 92.0 cm³/mol. The van der Waals surface area contributed by atoms with Crippen molar-refractivity contribution >= 4 is 39.1 Å². The number of rotatable bonds is 7. The van der Waals surface area contributed by atoms with Gasteiger partial charge in [0.15, 0.2) is 0 Å². The second-order valence-electron chi connectivity index (χ2n) is 4.83. The first kappa shape index (κ1) is 15.6. The monoisotopic (exact) mass is 309 g/mol. The maximum Gasteiger partial charge on any atom is 0.142 e. The topological polar surface area (TPSA) is 37.8 Å². The zero-order chi connectivity index (χ0) is 14.5. The van der Waals surface area contributed by atoms with Gasteiger partial charge in [-0.15, -0.1) is 11.3 Å². The molecule has 0 aliphatic carbocycles. The Balaban J connectivity index is 2.31. The molecular formula is C15H23N3S2. The molecule has 0 aromatic carbocycles. The van der Waals surface area contributed by atoms with Gasteiger partial charge in [0, 0.05) is 16.7 Å². The van der Waals surface area contributed by atoms with Crippen molar-refractivity contribution in [1.29, 1.82) is 0 Å². The number of nitrogens with zero attached hydrogens (tertiary/aromatic N) is 2. The summed E-state index contributed by atoms with van der Waals surface area (Å²) in [6.07, 6.45) is 2.25. The molecule has 2 rings (SSSR count). The van der Waals surface area contributed by atoms with Gasteiger partial charge >= 0.3 is 0 Å². The van der Waals surface area contributed by atoms with Crippen molar-refractivity contribution in [3.63, 3.8) is 0 Å². The molecule has 110 valence electrons. The molecule has 20 heavy (non-hydrogen) atoms. The molecule has 0 fully saturated rings. The average Bonchev–Trinajstić information content (AvgIpc) is 2.88. The van der Waals surface area contributed by atoms with Gasteiger partial charge in [0.25, 0.3) is 0 Å². The fraction of sp³-hybridized carbons (Fsp3) is 0.600. The van der Waals surface area contributed by atoms with Gasteiger partial charge in [-0.2, -0.15) is 11.8 Å². The molecule has 0 aliphatic rings. The fourth-order valence-corrected chi connectivity index (χ4v) is 3.68. The van der Waals surface area contributed by atoms with Crippen LogP contribution in [0.3, 0.4) is 0 Å². The molecule has 0 aliphatic heterocycles. The molecule has 0 spiro atoms. The van der Waals surface area contributed by atoms with E-state index in [0.717, 1.165) is 35.2 Å². The summed E-state index contributed by atoms with van der Waals surface area (Å²) >= 11 is 3.72. The van der Waals surface area contributed by atoms with E-state index < -0.39 is 0 Å². The van der Waals surface area contributed by atoms with E-state index in [0.29, 0.717) is 5.25 Å². The van der Waals surface area contributed by atoms with E-state index in [1.165, 1.54) is 16.7 Å². The number of hydrogen-bond donors (Lipinski definition) is 1. The lowest BCUT2D eigenvalue weighted by Crippen LogP contribution is -2.04. The van der Waals surface area contributed by atoms with Crippen LogP contribution >= 0.6 is 23.1 Å². The molecule has 2 aromatic heterocycles. The van der Waals surface area contributed by atoms with Crippen LogP contribution in [0.2, 0.25) is 0 Å².